The van der Waals surface area contributed by atoms with Crippen LogP contribution in [0.15, 0.2) is 36.6 Å². The van der Waals surface area contributed by atoms with Crippen LogP contribution < -0.4 is 4.74 Å². The van der Waals surface area contributed by atoms with E-state index in [9.17, 15) is 5.11 Å². The molecule has 1 aromatic carbocycles. The fourth-order valence-electron chi connectivity index (χ4n) is 4.61. The minimum absolute atomic E-state index is 0.337. The minimum Gasteiger partial charge on any atom is -0.497 e. The number of hydrogen-bond donors (Lipinski definition) is 1. The van der Waals surface area contributed by atoms with Gasteiger partial charge in [0, 0.05) is 0 Å². The fraction of sp³-hybridized carbons (Fsp3) is 0.652. The number of hydrogen-bond acceptors (Lipinski definition) is 5. The molecule has 2 rings (SSSR count). The molecule has 0 radical (unpaired) electrons. The van der Waals surface area contributed by atoms with E-state index in [2.05, 4.69) is 41.5 Å². The molecule has 164 valence electrons. The maximum Gasteiger partial charge on any atom is 0.200 e. The van der Waals surface area contributed by atoms with Gasteiger partial charge in [0.05, 0.1) is 26.6 Å². The topological polar surface area (TPSA) is 57.2 Å². The summed E-state index contributed by atoms with van der Waals surface area (Å²) in [5.74, 6) is 0.807. The van der Waals surface area contributed by atoms with Crippen LogP contribution in [0.2, 0.25) is 16.6 Å². The highest BCUT2D eigenvalue weighted by Gasteiger charge is 2.46. The lowest BCUT2D eigenvalue weighted by Crippen LogP contribution is -2.52. The Labute approximate surface area is 177 Å². The van der Waals surface area contributed by atoms with Gasteiger partial charge in [0.25, 0.3) is 0 Å². The van der Waals surface area contributed by atoms with Crippen molar-refractivity contribution in [1.82, 2.24) is 0 Å². The first kappa shape index (κ1) is 23.9. The lowest BCUT2D eigenvalue weighted by Gasteiger charge is -2.43. The van der Waals surface area contributed by atoms with Gasteiger partial charge in [0.2, 0.25) is 8.32 Å². The van der Waals surface area contributed by atoms with Crippen LogP contribution >= 0.6 is 0 Å². The quantitative estimate of drug-likeness (QED) is 0.535. The van der Waals surface area contributed by atoms with E-state index in [1.807, 2.05) is 24.3 Å². The molecule has 1 aromatic rings. The molecular weight excluding hydrogens is 384 g/mol. The van der Waals surface area contributed by atoms with E-state index in [0.717, 1.165) is 11.3 Å². The highest BCUT2D eigenvalue weighted by molar-refractivity contribution is 6.77. The van der Waals surface area contributed by atoms with Crippen LogP contribution in [-0.2, 0) is 20.5 Å². The van der Waals surface area contributed by atoms with Crippen molar-refractivity contribution in [2.45, 2.75) is 83.1 Å². The van der Waals surface area contributed by atoms with E-state index in [0.29, 0.717) is 29.8 Å². The van der Waals surface area contributed by atoms with Crippen LogP contribution in [0.5, 0.6) is 5.75 Å². The first-order chi connectivity index (χ1) is 13.7. The summed E-state index contributed by atoms with van der Waals surface area (Å²) in [5.41, 5.74) is 2.49. The summed E-state index contributed by atoms with van der Waals surface area (Å²) in [7, 11) is -0.370. The van der Waals surface area contributed by atoms with Gasteiger partial charge in [-0.05, 0) is 40.4 Å². The zero-order valence-corrected chi connectivity index (χ0v) is 19.9. The predicted molar refractivity (Wildman–Crippen MR) is 119 cm³/mol. The third kappa shape index (κ3) is 5.63. The molecule has 1 N–H and O–H groups in total. The zero-order chi connectivity index (χ0) is 21.6. The molecule has 0 amide bonds. The molecule has 1 aliphatic rings. The standard InChI is InChI=1S/C23H38O5Si/c1-16(2)29(17(3)4,18(5)6)28-15-22-23(21(24)12-13-26-22)27-14-19-8-10-20(25-7)11-9-19/h8-13,16-18,21-24H,14-15H2,1-7H3/t21-,22?,23+/m1/s1. The summed E-state index contributed by atoms with van der Waals surface area (Å²) in [6.45, 7) is 14.4. The normalized spacial score (nSPS) is 22.4. The zero-order valence-electron chi connectivity index (χ0n) is 18.9. The molecule has 0 saturated carbocycles. The van der Waals surface area contributed by atoms with E-state index >= 15 is 0 Å². The van der Waals surface area contributed by atoms with E-state index in [1.165, 1.54) is 0 Å². The summed E-state index contributed by atoms with van der Waals surface area (Å²) in [4.78, 5) is 0. The van der Waals surface area contributed by atoms with Gasteiger partial charge in [0.15, 0.2) is 0 Å². The molecule has 1 unspecified atom stereocenters. The van der Waals surface area contributed by atoms with Crippen LogP contribution in [0.3, 0.4) is 0 Å². The molecule has 6 heteroatoms. The van der Waals surface area contributed by atoms with Crippen molar-refractivity contribution >= 4 is 8.32 Å². The maximum absolute atomic E-state index is 10.5. The van der Waals surface area contributed by atoms with Gasteiger partial charge in [0.1, 0.15) is 24.1 Å². The molecule has 0 spiro atoms. The average molecular weight is 423 g/mol. The monoisotopic (exact) mass is 422 g/mol. The highest BCUT2D eigenvalue weighted by Crippen LogP contribution is 2.42. The second-order valence-corrected chi connectivity index (χ2v) is 14.2. The first-order valence-corrected chi connectivity index (χ1v) is 12.7. The molecule has 0 aromatic heterocycles. The Hall–Kier alpha value is -1.34. The van der Waals surface area contributed by atoms with Crippen LogP contribution in [0.4, 0.5) is 0 Å². The molecule has 0 aliphatic carbocycles. The Kier molecular flexibility index (Phi) is 8.76. The molecule has 0 fully saturated rings. The molecule has 0 saturated heterocycles. The second kappa shape index (κ2) is 10.6. The van der Waals surface area contributed by atoms with E-state index in [4.69, 9.17) is 18.6 Å². The van der Waals surface area contributed by atoms with Crippen molar-refractivity contribution in [3.63, 3.8) is 0 Å². The number of benzene rings is 1. The Morgan fingerprint density at radius 1 is 1.00 bits per heavy atom. The van der Waals surface area contributed by atoms with Crippen LogP contribution in [0.25, 0.3) is 0 Å². The molecule has 1 aliphatic heterocycles. The number of ether oxygens (including phenoxy) is 3. The molecule has 3 atom stereocenters. The lowest BCUT2D eigenvalue weighted by atomic mass is 10.1. The first-order valence-electron chi connectivity index (χ1n) is 10.6. The Morgan fingerprint density at radius 2 is 1.59 bits per heavy atom. The van der Waals surface area contributed by atoms with Gasteiger partial charge >= 0.3 is 0 Å². The maximum atomic E-state index is 10.5. The number of rotatable bonds is 10. The molecule has 1 heterocycles. The van der Waals surface area contributed by atoms with Crippen LogP contribution in [0, 0.1) is 0 Å². The largest absolute Gasteiger partial charge is 0.497 e. The number of methoxy groups -OCH3 is 1. The van der Waals surface area contributed by atoms with Gasteiger partial charge in [-0.1, -0.05) is 53.7 Å². The predicted octanol–water partition coefficient (Wildman–Crippen LogP) is 5.05. The van der Waals surface area contributed by atoms with Gasteiger partial charge in [-0.25, -0.2) is 0 Å². The van der Waals surface area contributed by atoms with Crippen molar-refractivity contribution in [2.24, 2.45) is 0 Å². The Balaban J connectivity index is 2.07. The number of aliphatic hydroxyl groups is 1. The summed E-state index contributed by atoms with van der Waals surface area (Å²) in [6.07, 6.45) is 1.67. The van der Waals surface area contributed by atoms with Gasteiger partial charge < -0.3 is 23.7 Å². The summed E-state index contributed by atoms with van der Waals surface area (Å²) >= 11 is 0. The van der Waals surface area contributed by atoms with Crippen molar-refractivity contribution < 1.29 is 23.7 Å². The third-order valence-electron chi connectivity index (χ3n) is 6.04. The van der Waals surface area contributed by atoms with Gasteiger partial charge in [-0.15, -0.1) is 0 Å². The number of aliphatic hydroxyl groups excluding tert-OH is 1. The van der Waals surface area contributed by atoms with E-state index < -0.39 is 20.5 Å². The summed E-state index contributed by atoms with van der Waals surface area (Å²) in [6, 6.07) is 7.73. The molecule has 0 bridgehead atoms. The van der Waals surface area contributed by atoms with Crippen molar-refractivity contribution in [3.8, 4) is 5.75 Å². The van der Waals surface area contributed by atoms with Crippen LogP contribution in [0.1, 0.15) is 47.1 Å². The van der Waals surface area contributed by atoms with E-state index in [-0.39, 0.29) is 6.10 Å². The van der Waals surface area contributed by atoms with E-state index in [1.54, 1.807) is 19.4 Å². The van der Waals surface area contributed by atoms with Crippen molar-refractivity contribution in [3.05, 3.63) is 42.2 Å². The summed E-state index contributed by atoms with van der Waals surface area (Å²) in [5, 5.41) is 10.5. The Morgan fingerprint density at radius 3 is 2.10 bits per heavy atom. The lowest BCUT2D eigenvalue weighted by molar-refractivity contribution is -0.119. The summed E-state index contributed by atoms with van der Waals surface area (Å²) < 4.78 is 23.8. The third-order valence-corrected chi connectivity index (χ3v) is 12.1. The SMILES string of the molecule is COc1ccc(CO[C@@H]2C(CO[Si](C(C)C)(C(C)C)C(C)C)OC=C[C@H]2O)cc1. The average Bonchev–Trinajstić information content (AvgIpc) is 2.67. The van der Waals surface area contributed by atoms with Gasteiger partial charge in [-0.3, -0.25) is 0 Å². The smallest absolute Gasteiger partial charge is 0.200 e. The highest BCUT2D eigenvalue weighted by atomic mass is 28.4. The Bertz CT molecular complexity index is 619. The minimum atomic E-state index is -2.02. The molecular formula is C23H38O5Si. The van der Waals surface area contributed by atoms with Crippen molar-refractivity contribution in [1.29, 1.82) is 0 Å². The van der Waals surface area contributed by atoms with Gasteiger partial charge in [-0.2, -0.15) is 0 Å². The molecule has 5 nitrogen and oxygen atoms in total. The fourth-order valence-corrected chi connectivity index (χ4v) is 10.1. The van der Waals surface area contributed by atoms with Crippen molar-refractivity contribution in [2.75, 3.05) is 13.7 Å². The molecule has 29 heavy (non-hydrogen) atoms. The second-order valence-electron chi connectivity index (χ2n) is 8.75. The van der Waals surface area contributed by atoms with Crippen LogP contribution in [-0.4, -0.2) is 45.5 Å².